The van der Waals surface area contributed by atoms with Gasteiger partial charge < -0.3 is 29.5 Å². The molecule has 7 nitrogen and oxygen atoms in total. The zero-order chi connectivity index (χ0) is 23.5. The van der Waals surface area contributed by atoms with Crippen molar-refractivity contribution in [3.63, 3.8) is 0 Å². The predicted octanol–water partition coefficient (Wildman–Crippen LogP) is 3.86. The van der Waals surface area contributed by atoms with Crippen LogP contribution >= 0.6 is 12.4 Å². The Labute approximate surface area is 210 Å². The van der Waals surface area contributed by atoms with Crippen LogP contribution in [0.1, 0.15) is 30.1 Å². The lowest BCUT2D eigenvalue weighted by atomic mass is 10.0. The molecule has 2 aliphatic heterocycles. The summed E-state index contributed by atoms with van der Waals surface area (Å²) in [6, 6.07) is 11.8. The van der Waals surface area contributed by atoms with Crippen molar-refractivity contribution in [3.05, 3.63) is 59.5 Å². The van der Waals surface area contributed by atoms with Crippen LogP contribution in [0, 0.1) is 5.82 Å². The van der Waals surface area contributed by atoms with E-state index in [2.05, 4.69) is 21.3 Å². The number of piperidine rings is 1. The molecule has 5 rings (SSSR count). The Hall–Kier alpha value is -2.65. The van der Waals surface area contributed by atoms with E-state index in [0.29, 0.717) is 42.5 Å². The topological polar surface area (TPSA) is 76.1 Å². The first kappa shape index (κ1) is 25.4. The number of ether oxygens (including phenoxy) is 3. The van der Waals surface area contributed by atoms with Crippen molar-refractivity contribution in [2.75, 3.05) is 40.0 Å². The number of nitrogens with zero attached hydrogens (tertiary/aromatic N) is 2. The van der Waals surface area contributed by atoms with Gasteiger partial charge >= 0.3 is 0 Å². The first-order valence-corrected chi connectivity index (χ1v) is 11.7. The van der Waals surface area contributed by atoms with E-state index in [9.17, 15) is 9.50 Å². The monoisotopic (exact) mass is 503 g/mol. The SMILES string of the molecule is COc1ccc2ncc(F)c([C@H](O)CN3CCC(NCc4ccc5c(c4)OCCO5)CC3)c2c1.Cl. The molecule has 0 bridgehead atoms. The Morgan fingerprint density at radius 2 is 1.91 bits per heavy atom. The first-order chi connectivity index (χ1) is 16.6. The molecule has 0 amide bonds. The summed E-state index contributed by atoms with van der Waals surface area (Å²) < 4.78 is 31.2. The molecule has 2 aliphatic rings. The summed E-state index contributed by atoms with van der Waals surface area (Å²) in [4.78, 5) is 6.34. The molecule has 2 N–H and O–H groups in total. The molecule has 188 valence electrons. The average Bonchev–Trinajstić information content (AvgIpc) is 2.87. The minimum absolute atomic E-state index is 0. The van der Waals surface area contributed by atoms with Gasteiger partial charge in [-0.3, -0.25) is 4.98 Å². The molecular formula is C26H31ClFN3O4. The van der Waals surface area contributed by atoms with Crippen LogP contribution < -0.4 is 19.5 Å². The fourth-order valence-corrected chi connectivity index (χ4v) is 4.75. The van der Waals surface area contributed by atoms with Crippen molar-refractivity contribution >= 4 is 23.3 Å². The summed E-state index contributed by atoms with van der Waals surface area (Å²) in [6.07, 6.45) is 2.16. The van der Waals surface area contributed by atoms with Gasteiger partial charge in [-0.25, -0.2) is 4.39 Å². The number of β-amino-alcohol motifs (C(OH)–C–C–N with tert-alkyl or cyclic N) is 1. The maximum Gasteiger partial charge on any atom is 0.161 e. The quantitative estimate of drug-likeness (QED) is 0.507. The van der Waals surface area contributed by atoms with Crippen molar-refractivity contribution in [2.45, 2.75) is 31.5 Å². The number of hydrogen-bond donors (Lipinski definition) is 2. The van der Waals surface area contributed by atoms with Gasteiger partial charge in [-0.05, 0) is 61.8 Å². The molecule has 0 spiro atoms. The number of methoxy groups -OCH3 is 1. The van der Waals surface area contributed by atoms with E-state index in [-0.39, 0.29) is 18.0 Å². The van der Waals surface area contributed by atoms with Gasteiger partial charge in [-0.15, -0.1) is 12.4 Å². The van der Waals surface area contributed by atoms with Gasteiger partial charge in [0.05, 0.1) is 24.9 Å². The Morgan fingerprint density at radius 3 is 2.69 bits per heavy atom. The molecule has 35 heavy (non-hydrogen) atoms. The van der Waals surface area contributed by atoms with E-state index < -0.39 is 11.9 Å². The van der Waals surface area contributed by atoms with E-state index in [1.165, 1.54) is 6.20 Å². The molecule has 1 fully saturated rings. The normalized spacial score (nSPS) is 17.1. The van der Waals surface area contributed by atoms with E-state index in [1.807, 2.05) is 12.1 Å². The van der Waals surface area contributed by atoms with E-state index in [0.717, 1.165) is 49.5 Å². The molecule has 0 radical (unpaired) electrons. The van der Waals surface area contributed by atoms with Gasteiger partial charge in [0.2, 0.25) is 0 Å². The zero-order valence-corrected chi connectivity index (χ0v) is 20.5. The molecule has 1 atom stereocenters. The lowest BCUT2D eigenvalue weighted by Crippen LogP contribution is -2.43. The van der Waals surface area contributed by atoms with Crippen LogP contribution in [0.3, 0.4) is 0 Å². The summed E-state index contributed by atoms with van der Waals surface area (Å²) in [5.74, 6) is 1.73. The highest BCUT2D eigenvalue weighted by Crippen LogP contribution is 2.31. The number of benzene rings is 2. The van der Waals surface area contributed by atoms with Gasteiger partial charge in [0, 0.05) is 30.1 Å². The zero-order valence-electron chi connectivity index (χ0n) is 19.7. The number of hydrogen-bond acceptors (Lipinski definition) is 7. The minimum atomic E-state index is -0.945. The number of pyridine rings is 1. The molecule has 9 heteroatoms. The summed E-state index contributed by atoms with van der Waals surface area (Å²) in [6.45, 7) is 3.99. The Balaban J connectivity index is 0.00000289. The Bertz CT molecular complexity index is 1160. The maximum atomic E-state index is 14.7. The predicted molar refractivity (Wildman–Crippen MR) is 134 cm³/mol. The molecule has 3 heterocycles. The maximum absolute atomic E-state index is 14.7. The third kappa shape index (κ3) is 5.78. The second-order valence-corrected chi connectivity index (χ2v) is 8.85. The van der Waals surface area contributed by atoms with Crippen LogP contribution in [-0.4, -0.2) is 61.0 Å². The number of aromatic nitrogens is 1. The number of nitrogens with one attached hydrogen (secondary N) is 1. The fraction of sp³-hybridized carbons (Fsp3) is 0.423. The summed E-state index contributed by atoms with van der Waals surface area (Å²) in [5, 5.41) is 15.2. The second-order valence-electron chi connectivity index (χ2n) is 8.85. The van der Waals surface area contributed by atoms with Gasteiger partial charge in [0.1, 0.15) is 24.8 Å². The number of aliphatic hydroxyl groups is 1. The van der Waals surface area contributed by atoms with Crippen molar-refractivity contribution in [3.8, 4) is 17.2 Å². The van der Waals surface area contributed by atoms with E-state index >= 15 is 0 Å². The van der Waals surface area contributed by atoms with Crippen LogP contribution in [0.5, 0.6) is 17.2 Å². The molecule has 3 aromatic rings. The van der Waals surface area contributed by atoms with Gasteiger partial charge in [-0.2, -0.15) is 0 Å². The summed E-state index contributed by atoms with van der Waals surface area (Å²) >= 11 is 0. The summed E-state index contributed by atoms with van der Waals surface area (Å²) in [7, 11) is 1.57. The molecule has 1 saturated heterocycles. The third-order valence-electron chi connectivity index (χ3n) is 6.62. The van der Waals surface area contributed by atoms with Gasteiger partial charge in [0.25, 0.3) is 0 Å². The number of likely N-dealkylation sites (tertiary alicyclic amines) is 1. The second kappa shape index (κ2) is 11.4. The Kier molecular flexibility index (Phi) is 8.28. The molecular weight excluding hydrogens is 473 g/mol. The highest BCUT2D eigenvalue weighted by Gasteiger charge is 2.24. The molecule has 2 aromatic carbocycles. The van der Waals surface area contributed by atoms with Crippen LogP contribution in [0.15, 0.2) is 42.6 Å². The van der Waals surface area contributed by atoms with Crippen molar-refractivity contribution in [1.29, 1.82) is 0 Å². The van der Waals surface area contributed by atoms with Crippen molar-refractivity contribution < 1.29 is 23.7 Å². The molecule has 0 saturated carbocycles. The lowest BCUT2D eigenvalue weighted by Gasteiger charge is -2.34. The summed E-state index contributed by atoms with van der Waals surface area (Å²) in [5.41, 5.74) is 2.08. The van der Waals surface area contributed by atoms with Gasteiger partial charge in [-0.1, -0.05) is 6.07 Å². The largest absolute Gasteiger partial charge is 0.497 e. The van der Waals surface area contributed by atoms with Crippen molar-refractivity contribution in [1.82, 2.24) is 15.2 Å². The lowest BCUT2D eigenvalue weighted by molar-refractivity contribution is 0.0925. The van der Waals surface area contributed by atoms with E-state index in [4.69, 9.17) is 14.2 Å². The minimum Gasteiger partial charge on any atom is -0.497 e. The van der Waals surface area contributed by atoms with Crippen LogP contribution in [0.2, 0.25) is 0 Å². The number of halogens is 2. The molecule has 0 unspecified atom stereocenters. The molecule has 0 aliphatic carbocycles. The van der Waals surface area contributed by atoms with Crippen LogP contribution in [0.25, 0.3) is 10.9 Å². The average molecular weight is 504 g/mol. The van der Waals surface area contributed by atoms with Crippen LogP contribution in [-0.2, 0) is 6.54 Å². The third-order valence-corrected chi connectivity index (χ3v) is 6.62. The highest BCUT2D eigenvalue weighted by molar-refractivity contribution is 5.85. The Morgan fingerprint density at radius 1 is 1.14 bits per heavy atom. The van der Waals surface area contributed by atoms with Crippen LogP contribution in [0.4, 0.5) is 4.39 Å². The fourth-order valence-electron chi connectivity index (χ4n) is 4.75. The standard InChI is InChI=1S/C26H30FN3O4.ClH/c1-32-19-3-4-22-20(13-19)26(21(27)15-29-22)23(31)16-30-8-6-18(7-9-30)28-14-17-2-5-24-25(12-17)34-11-10-33-24;/h2-5,12-13,15,18,23,28,31H,6-11,14,16H2,1H3;1H/t23-;/m1./s1. The first-order valence-electron chi connectivity index (χ1n) is 11.7. The van der Waals surface area contributed by atoms with Gasteiger partial charge in [0.15, 0.2) is 11.5 Å². The highest BCUT2D eigenvalue weighted by atomic mass is 35.5. The smallest absolute Gasteiger partial charge is 0.161 e. The van der Waals surface area contributed by atoms with E-state index in [1.54, 1.807) is 25.3 Å². The number of rotatable bonds is 7. The number of aliphatic hydroxyl groups excluding tert-OH is 1. The molecule has 1 aromatic heterocycles. The number of fused-ring (bicyclic) bond motifs is 2. The van der Waals surface area contributed by atoms with Crippen molar-refractivity contribution in [2.24, 2.45) is 0 Å².